The molecule has 1 aromatic carbocycles. The quantitative estimate of drug-likeness (QED) is 0.853. The molecule has 1 saturated heterocycles. The van der Waals surface area contributed by atoms with E-state index in [4.69, 9.17) is 4.74 Å². The van der Waals surface area contributed by atoms with Gasteiger partial charge < -0.3 is 15.0 Å². The Labute approximate surface area is 116 Å². The molecule has 1 aliphatic rings. The largest absolute Gasteiger partial charge is 0.489 e. The molecule has 0 saturated carbocycles. The molecule has 1 atom stereocenters. The molecule has 0 bridgehead atoms. The molecule has 19 heavy (non-hydrogen) atoms. The van der Waals surface area contributed by atoms with Crippen molar-refractivity contribution in [1.82, 2.24) is 5.32 Å². The van der Waals surface area contributed by atoms with Crippen molar-refractivity contribution < 1.29 is 4.74 Å². The summed E-state index contributed by atoms with van der Waals surface area (Å²) in [7, 11) is 2.16. The second kappa shape index (κ2) is 6.80. The van der Waals surface area contributed by atoms with Crippen LogP contribution in [0.3, 0.4) is 0 Å². The SMILES string of the molecule is CC(C)Oc1ccccc1N(C)CCC1CCNC1. The van der Waals surface area contributed by atoms with Crippen LogP contribution in [0.4, 0.5) is 5.69 Å². The normalized spacial score (nSPS) is 18.8. The molecule has 0 radical (unpaired) electrons. The highest BCUT2D eigenvalue weighted by molar-refractivity contribution is 5.57. The van der Waals surface area contributed by atoms with Crippen LogP contribution in [0, 0.1) is 5.92 Å². The second-order valence-corrected chi connectivity index (χ2v) is 5.70. The fourth-order valence-corrected chi connectivity index (χ4v) is 2.58. The first-order chi connectivity index (χ1) is 9.16. The number of hydrogen-bond acceptors (Lipinski definition) is 3. The number of nitrogens with one attached hydrogen (secondary N) is 1. The van der Waals surface area contributed by atoms with Gasteiger partial charge in [0.05, 0.1) is 11.8 Å². The smallest absolute Gasteiger partial charge is 0.142 e. The topological polar surface area (TPSA) is 24.5 Å². The molecule has 1 aliphatic heterocycles. The lowest BCUT2D eigenvalue weighted by Crippen LogP contribution is -2.23. The monoisotopic (exact) mass is 262 g/mol. The van der Waals surface area contributed by atoms with Gasteiger partial charge in [-0.05, 0) is 57.8 Å². The van der Waals surface area contributed by atoms with Gasteiger partial charge >= 0.3 is 0 Å². The van der Waals surface area contributed by atoms with Crippen molar-refractivity contribution in [3.63, 3.8) is 0 Å². The van der Waals surface area contributed by atoms with Crippen LogP contribution >= 0.6 is 0 Å². The van der Waals surface area contributed by atoms with Crippen LogP contribution < -0.4 is 15.0 Å². The summed E-state index contributed by atoms with van der Waals surface area (Å²) in [4.78, 5) is 2.32. The molecule has 3 nitrogen and oxygen atoms in total. The fourth-order valence-electron chi connectivity index (χ4n) is 2.58. The van der Waals surface area contributed by atoms with Crippen molar-refractivity contribution in [2.45, 2.75) is 32.8 Å². The molecule has 0 spiro atoms. The van der Waals surface area contributed by atoms with Crippen LogP contribution in [0.5, 0.6) is 5.75 Å². The fraction of sp³-hybridized carbons (Fsp3) is 0.625. The average Bonchev–Trinajstić information content (AvgIpc) is 2.89. The predicted molar refractivity (Wildman–Crippen MR) is 81.1 cm³/mol. The molecule has 0 aliphatic carbocycles. The van der Waals surface area contributed by atoms with E-state index in [1.54, 1.807) is 0 Å². The molecule has 106 valence electrons. The molecule has 1 aromatic rings. The molecule has 3 heteroatoms. The van der Waals surface area contributed by atoms with Crippen molar-refractivity contribution in [1.29, 1.82) is 0 Å². The van der Waals surface area contributed by atoms with E-state index in [2.05, 4.69) is 49.3 Å². The number of anilines is 1. The molecule has 1 heterocycles. The minimum absolute atomic E-state index is 0.216. The number of nitrogens with zero attached hydrogens (tertiary/aromatic N) is 1. The van der Waals surface area contributed by atoms with Crippen LogP contribution in [0.25, 0.3) is 0 Å². The summed E-state index contributed by atoms with van der Waals surface area (Å²) in [6.07, 6.45) is 2.78. The van der Waals surface area contributed by atoms with Crippen LogP contribution in [0.2, 0.25) is 0 Å². The van der Waals surface area contributed by atoms with Crippen molar-refractivity contribution in [2.24, 2.45) is 5.92 Å². The first-order valence-corrected chi connectivity index (χ1v) is 7.34. The zero-order valence-electron chi connectivity index (χ0n) is 12.4. The summed E-state index contributed by atoms with van der Waals surface area (Å²) in [5.41, 5.74) is 1.20. The average molecular weight is 262 g/mol. The number of benzene rings is 1. The first kappa shape index (κ1) is 14.2. The van der Waals surface area contributed by atoms with Crippen molar-refractivity contribution in [3.8, 4) is 5.75 Å². The third-order valence-corrected chi connectivity index (χ3v) is 3.67. The van der Waals surface area contributed by atoms with Gasteiger partial charge in [0, 0.05) is 13.6 Å². The summed E-state index contributed by atoms with van der Waals surface area (Å²) in [5.74, 6) is 1.82. The van der Waals surface area contributed by atoms with Crippen molar-refractivity contribution in [3.05, 3.63) is 24.3 Å². The molecular weight excluding hydrogens is 236 g/mol. The molecular formula is C16H26N2O. The molecule has 0 aromatic heterocycles. The van der Waals surface area contributed by atoms with Gasteiger partial charge in [0.15, 0.2) is 0 Å². The lowest BCUT2D eigenvalue weighted by atomic mass is 10.0. The standard InChI is InChI=1S/C16H26N2O/c1-13(2)19-16-7-5-4-6-15(16)18(3)11-9-14-8-10-17-12-14/h4-7,13-14,17H,8-12H2,1-3H3. The Morgan fingerprint density at radius 3 is 2.84 bits per heavy atom. The Hall–Kier alpha value is -1.22. The minimum atomic E-state index is 0.216. The zero-order valence-corrected chi connectivity index (χ0v) is 12.4. The highest BCUT2D eigenvalue weighted by Crippen LogP contribution is 2.28. The zero-order chi connectivity index (χ0) is 13.7. The highest BCUT2D eigenvalue weighted by Gasteiger charge is 2.16. The third kappa shape index (κ3) is 4.13. The minimum Gasteiger partial charge on any atom is -0.489 e. The summed E-state index contributed by atoms with van der Waals surface area (Å²) < 4.78 is 5.88. The second-order valence-electron chi connectivity index (χ2n) is 5.70. The lowest BCUT2D eigenvalue weighted by molar-refractivity contribution is 0.243. The first-order valence-electron chi connectivity index (χ1n) is 7.34. The molecule has 0 amide bonds. The van der Waals surface area contributed by atoms with Crippen LogP contribution in [0.15, 0.2) is 24.3 Å². The van der Waals surface area contributed by atoms with Gasteiger partial charge in [-0.1, -0.05) is 12.1 Å². The van der Waals surface area contributed by atoms with Crippen molar-refractivity contribution in [2.75, 3.05) is 31.6 Å². The Bertz CT molecular complexity index is 386. The van der Waals surface area contributed by atoms with E-state index in [-0.39, 0.29) is 6.10 Å². The Balaban J connectivity index is 1.95. The van der Waals surface area contributed by atoms with Crippen molar-refractivity contribution >= 4 is 5.69 Å². The van der Waals surface area contributed by atoms with Crippen LogP contribution in [-0.4, -0.2) is 32.8 Å². The molecule has 2 rings (SSSR count). The summed E-state index contributed by atoms with van der Waals surface area (Å²) in [5, 5.41) is 3.43. The summed E-state index contributed by atoms with van der Waals surface area (Å²) in [6, 6.07) is 8.32. The van der Waals surface area contributed by atoms with Gasteiger partial charge in [0.1, 0.15) is 5.75 Å². The Morgan fingerprint density at radius 2 is 2.16 bits per heavy atom. The van der Waals surface area contributed by atoms with Gasteiger partial charge in [0.2, 0.25) is 0 Å². The molecule has 1 unspecified atom stereocenters. The maximum absolute atomic E-state index is 5.88. The maximum Gasteiger partial charge on any atom is 0.142 e. The highest BCUT2D eigenvalue weighted by atomic mass is 16.5. The van der Waals surface area contributed by atoms with Crippen LogP contribution in [-0.2, 0) is 0 Å². The van der Waals surface area contributed by atoms with Gasteiger partial charge in [-0.3, -0.25) is 0 Å². The van der Waals surface area contributed by atoms with Crippen LogP contribution in [0.1, 0.15) is 26.7 Å². The third-order valence-electron chi connectivity index (χ3n) is 3.67. The van der Waals surface area contributed by atoms with E-state index in [1.165, 1.54) is 31.6 Å². The van der Waals surface area contributed by atoms with Gasteiger partial charge in [-0.2, -0.15) is 0 Å². The number of rotatable bonds is 6. The lowest BCUT2D eigenvalue weighted by Gasteiger charge is -2.24. The Morgan fingerprint density at radius 1 is 1.37 bits per heavy atom. The van der Waals surface area contributed by atoms with Gasteiger partial charge in [0.25, 0.3) is 0 Å². The van der Waals surface area contributed by atoms with E-state index in [9.17, 15) is 0 Å². The summed E-state index contributed by atoms with van der Waals surface area (Å²) >= 11 is 0. The molecule has 1 N–H and O–H groups in total. The van der Waals surface area contributed by atoms with E-state index in [1.807, 2.05) is 6.07 Å². The Kier molecular flexibility index (Phi) is 5.08. The van der Waals surface area contributed by atoms with E-state index >= 15 is 0 Å². The molecule has 1 fully saturated rings. The number of para-hydroxylation sites is 2. The summed E-state index contributed by atoms with van der Waals surface area (Å²) in [6.45, 7) is 7.59. The predicted octanol–water partition coefficient (Wildman–Crippen LogP) is 2.91. The van der Waals surface area contributed by atoms with E-state index in [0.29, 0.717) is 0 Å². The number of ether oxygens (including phenoxy) is 1. The van der Waals surface area contributed by atoms with Gasteiger partial charge in [-0.15, -0.1) is 0 Å². The van der Waals surface area contributed by atoms with E-state index in [0.717, 1.165) is 18.2 Å². The maximum atomic E-state index is 5.88. The number of hydrogen-bond donors (Lipinski definition) is 1. The van der Waals surface area contributed by atoms with E-state index < -0.39 is 0 Å². The van der Waals surface area contributed by atoms with Gasteiger partial charge in [-0.25, -0.2) is 0 Å².